The molecule has 210 valence electrons. The molecule has 0 radical (unpaired) electrons. The van der Waals surface area contributed by atoms with Crippen LogP contribution in [-0.4, -0.2) is 51.5 Å². The number of rotatable bonds is 11. The fraction of sp³-hybridized carbons (Fsp3) is 0.483. The molecule has 0 spiro atoms. The van der Waals surface area contributed by atoms with Crippen molar-refractivity contribution in [2.75, 3.05) is 26.3 Å². The van der Waals surface area contributed by atoms with Crippen molar-refractivity contribution < 1.29 is 32.2 Å². The van der Waals surface area contributed by atoms with Crippen LogP contribution in [0.4, 0.5) is 4.79 Å². The lowest BCUT2D eigenvalue weighted by Crippen LogP contribution is -2.35. The second-order valence-electron chi connectivity index (χ2n) is 10.1. The summed E-state index contributed by atoms with van der Waals surface area (Å²) in [5, 5.41) is 5.14. The second kappa shape index (κ2) is 12.8. The molecule has 2 aliphatic heterocycles. The van der Waals surface area contributed by atoms with E-state index in [0.29, 0.717) is 44.9 Å². The molecule has 2 aliphatic rings. The number of hydrogen-bond donors (Lipinski definition) is 1. The predicted octanol–water partition coefficient (Wildman–Crippen LogP) is 4.49. The highest BCUT2D eigenvalue weighted by atomic mass is 32.2. The first-order valence-corrected chi connectivity index (χ1v) is 14.8. The zero-order valence-electron chi connectivity index (χ0n) is 22.5. The molecule has 2 aromatic carbocycles. The highest BCUT2D eigenvalue weighted by Gasteiger charge is 2.33. The number of unbranched alkanes of at least 4 members (excludes halogenated alkanes) is 3. The Labute approximate surface area is 230 Å². The molecule has 0 aliphatic carbocycles. The van der Waals surface area contributed by atoms with Crippen LogP contribution >= 0.6 is 0 Å². The van der Waals surface area contributed by atoms with Crippen molar-refractivity contribution >= 4 is 16.1 Å². The van der Waals surface area contributed by atoms with Gasteiger partial charge >= 0.3 is 6.09 Å². The lowest BCUT2D eigenvalue weighted by Gasteiger charge is -2.32. The first-order chi connectivity index (χ1) is 18.6. The topological polar surface area (TPSA) is 117 Å². The first kappa shape index (κ1) is 28.9. The van der Waals surface area contributed by atoms with Gasteiger partial charge in [-0.2, -0.15) is 0 Å². The highest BCUT2D eigenvalue weighted by molar-refractivity contribution is 7.89. The molecule has 2 N–H and O–H groups in total. The fourth-order valence-electron chi connectivity index (χ4n) is 4.42. The quantitative estimate of drug-likeness (QED) is 0.320. The predicted molar refractivity (Wildman–Crippen MR) is 145 cm³/mol. The first-order valence-electron chi connectivity index (χ1n) is 13.2. The molecule has 1 fully saturated rings. The van der Waals surface area contributed by atoms with Gasteiger partial charge in [-0.05, 0) is 48.7 Å². The van der Waals surface area contributed by atoms with Gasteiger partial charge in [-0.1, -0.05) is 36.8 Å². The van der Waals surface area contributed by atoms with E-state index in [1.165, 1.54) is 12.1 Å². The molecule has 10 heteroatoms. The Bertz CT molecular complexity index is 1330. The molecular formula is C29H36N2O7S. The standard InChI is InChI=1S/C29H36N2O7S/c1-29(2)36-21-24-19-23(13-14-26(24)38-29)27-20-31(28(32)37-27)15-6-3-4-7-16-35-17-8-5-10-22-11-9-12-25(18-22)39(30,33)34/h9,11-14,18-19,27H,3-4,6-8,15-17,20-21H2,1-2H3,(H2,30,33,34)/t27-/m0/s1. The molecule has 9 nitrogen and oxygen atoms in total. The van der Waals surface area contributed by atoms with Crippen LogP contribution in [0.1, 0.15) is 68.7 Å². The summed E-state index contributed by atoms with van der Waals surface area (Å²) in [6.45, 7) is 6.62. The van der Waals surface area contributed by atoms with Gasteiger partial charge in [0.15, 0.2) is 0 Å². The van der Waals surface area contributed by atoms with Crippen LogP contribution < -0.4 is 9.88 Å². The molecule has 0 unspecified atom stereocenters. The zero-order valence-corrected chi connectivity index (χ0v) is 23.3. The molecule has 4 rings (SSSR count). The van der Waals surface area contributed by atoms with Crippen LogP contribution in [0.5, 0.6) is 5.75 Å². The third-order valence-corrected chi connectivity index (χ3v) is 7.42. The fourth-order valence-corrected chi connectivity index (χ4v) is 4.98. The van der Waals surface area contributed by atoms with Gasteiger partial charge in [0.25, 0.3) is 0 Å². The molecule has 2 heterocycles. The number of cyclic esters (lactones) is 1. The Morgan fingerprint density at radius 3 is 2.74 bits per heavy atom. The molecule has 1 amide bonds. The number of fused-ring (bicyclic) bond motifs is 1. The number of hydrogen-bond acceptors (Lipinski definition) is 7. The largest absolute Gasteiger partial charge is 0.463 e. The van der Waals surface area contributed by atoms with Crippen LogP contribution in [-0.2, 0) is 30.8 Å². The number of benzene rings is 2. The number of ether oxygens (including phenoxy) is 4. The number of carbonyl (C=O) groups is 1. The maximum Gasteiger partial charge on any atom is 0.410 e. The summed E-state index contributed by atoms with van der Waals surface area (Å²) >= 11 is 0. The Hall–Kier alpha value is -3.10. The van der Waals surface area contributed by atoms with Crippen molar-refractivity contribution in [3.8, 4) is 17.6 Å². The van der Waals surface area contributed by atoms with Gasteiger partial charge in [0.05, 0.1) is 24.7 Å². The molecule has 0 bridgehead atoms. The molecule has 2 aromatic rings. The zero-order chi connectivity index (χ0) is 27.9. The van der Waals surface area contributed by atoms with E-state index in [0.717, 1.165) is 42.6 Å². The SMILES string of the molecule is CC1(C)OCc2cc([C@@H]3CN(CCCCCCOCCC#Cc4cccc(S(N)(=O)=O)c4)C(=O)O3)ccc2O1. The van der Waals surface area contributed by atoms with Crippen LogP contribution in [0, 0.1) is 11.8 Å². The van der Waals surface area contributed by atoms with Crippen molar-refractivity contribution in [3.05, 3.63) is 59.2 Å². The Morgan fingerprint density at radius 2 is 1.92 bits per heavy atom. The van der Waals surface area contributed by atoms with E-state index in [1.807, 2.05) is 32.0 Å². The summed E-state index contributed by atoms with van der Waals surface area (Å²) in [5.74, 6) is 6.09. The van der Waals surface area contributed by atoms with Crippen molar-refractivity contribution in [2.24, 2.45) is 5.14 Å². The Morgan fingerprint density at radius 1 is 1.10 bits per heavy atom. The van der Waals surface area contributed by atoms with Crippen molar-refractivity contribution in [3.63, 3.8) is 0 Å². The number of amides is 1. The van der Waals surface area contributed by atoms with E-state index in [9.17, 15) is 13.2 Å². The van der Waals surface area contributed by atoms with E-state index in [2.05, 4.69) is 11.8 Å². The Kier molecular flexibility index (Phi) is 9.51. The monoisotopic (exact) mass is 556 g/mol. The minimum absolute atomic E-state index is 0.0525. The van der Waals surface area contributed by atoms with Crippen LogP contribution in [0.2, 0.25) is 0 Å². The molecule has 1 atom stereocenters. The number of sulfonamides is 1. The summed E-state index contributed by atoms with van der Waals surface area (Å²) in [5.41, 5.74) is 2.52. The number of carbonyl (C=O) groups excluding carboxylic acids is 1. The van der Waals surface area contributed by atoms with Crippen molar-refractivity contribution in [1.82, 2.24) is 4.90 Å². The van der Waals surface area contributed by atoms with Gasteiger partial charge in [-0.3, -0.25) is 0 Å². The molecule has 0 saturated carbocycles. The molecule has 0 aromatic heterocycles. The summed E-state index contributed by atoms with van der Waals surface area (Å²) in [7, 11) is -3.73. The van der Waals surface area contributed by atoms with Gasteiger partial charge < -0.3 is 23.8 Å². The Balaban J connectivity index is 1.07. The minimum Gasteiger partial charge on any atom is -0.463 e. The average molecular weight is 557 g/mol. The van der Waals surface area contributed by atoms with E-state index >= 15 is 0 Å². The molecule has 39 heavy (non-hydrogen) atoms. The number of nitrogens with zero attached hydrogens (tertiary/aromatic N) is 1. The van der Waals surface area contributed by atoms with Gasteiger partial charge in [-0.25, -0.2) is 18.4 Å². The lowest BCUT2D eigenvalue weighted by atomic mass is 10.0. The third-order valence-electron chi connectivity index (χ3n) is 6.51. The highest BCUT2D eigenvalue weighted by Crippen LogP contribution is 2.35. The van der Waals surface area contributed by atoms with Gasteiger partial charge in [-0.15, -0.1) is 0 Å². The van der Waals surface area contributed by atoms with Gasteiger partial charge in [0.2, 0.25) is 15.8 Å². The smallest absolute Gasteiger partial charge is 0.410 e. The normalized spacial score (nSPS) is 18.1. The summed E-state index contributed by atoms with van der Waals surface area (Å²) in [6.07, 6.45) is 3.86. The lowest BCUT2D eigenvalue weighted by molar-refractivity contribution is -0.180. The summed E-state index contributed by atoms with van der Waals surface area (Å²) < 4.78 is 45.7. The molecule has 1 saturated heterocycles. The number of primary sulfonamides is 1. The second-order valence-corrected chi connectivity index (χ2v) is 11.7. The van der Waals surface area contributed by atoms with Crippen molar-refractivity contribution in [2.45, 2.75) is 69.3 Å². The van der Waals surface area contributed by atoms with Gasteiger partial charge in [0, 0.05) is 44.5 Å². The summed E-state index contributed by atoms with van der Waals surface area (Å²) in [6, 6.07) is 12.2. The number of nitrogens with two attached hydrogens (primary N) is 1. The van der Waals surface area contributed by atoms with E-state index in [1.54, 1.807) is 17.0 Å². The molecular weight excluding hydrogens is 520 g/mol. The van der Waals surface area contributed by atoms with E-state index in [-0.39, 0.29) is 17.1 Å². The average Bonchev–Trinajstić information content (AvgIpc) is 3.26. The van der Waals surface area contributed by atoms with Crippen molar-refractivity contribution in [1.29, 1.82) is 0 Å². The van der Waals surface area contributed by atoms with Crippen LogP contribution in [0.3, 0.4) is 0 Å². The summed E-state index contributed by atoms with van der Waals surface area (Å²) in [4.78, 5) is 14.2. The van der Waals surface area contributed by atoms with E-state index in [4.69, 9.17) is 24.1 Å². The van der Waals surface area contributed by atoms with Crippen LogP contribution in [0.15, 0.2) is 47.4 Å². The van der Waals surface area contributed by atoms with Gasteiger partial charge in [0.1, 0.15) is 11.9 Å². The van der Waals surface area contributed by atoms with Crippen LogP contribution in [0.25, 0.3) is 0 Å². The maximum absolute atomic E-state index is 12.4. The maximum atomic E-state index is 12.4. The minimum atomic E-state index is -3.73. The third kappa shape index (κ3) is 8.44. The van der Waals surface area contributed by atoms with E-state index < -0.39 is 15.8 Å².